The van der Waals surface area contributed by atoms with E-state index < -0.39 is 0 Å². The Hall–Kier alpha value is -1.35. The first kappa shape index (κ1) is 12.1. The Morgan fingerprint density at radius 1 is 1.12 bits per heavy atom. The lowest BCUT2D eigenvalue weighted by molar-refractivity contribution is -0.117. The van der Waals surface area contributed by atoms with Crippen LogP contribution in [0.2, 0.25) is 0 Å². The SMILES string of the molecule is Cc1ccc(N2CN(C(C)(C)C)CC2=O)cc1. The number of hydrogen-bond donors (Lipinski definition) is 0. The van der Waals surface area contributed by atoms with Gasteiger partial charge in [0, 0.05) is 11.2 Å². The van der Waals surface area contributed by atoms with Crippen LogP contribution in [0.5, 0.6) is 0 Å². The van der Waals surface area contributed by atoms with Gasteiger partial charge in [-0.05, 0) is 39.8 Å². The molecule has 0 atom stereocenters. The molecule has 2 rings (SSSR count). The van der Waals surface area contributed by atoms with Gasteiger partial charge in [0.25, 0.3) is 0 Å². The summed E-state index contributed by atoms with van der Waals surface area (Å²) in [6.07, 6.45) is 0. The third-order valence-electron chi connectivity index (χ3n) is 3.23. The van der Waals surface area contributed by atoms with Crippen molar-refractivity contribution in [2.75, 3.05) is 18.1 Å². The number of amides is 1. The van der Waals surface area contributed by atoms with Gasteiger partial charge < -0.3 is 0 Å². The molecule has 3 heteroatoms. The number of aryl methyl sites for hydroxylation is 1. The van der Waals surface area contributed by atoms with E-state index >= 15 is 0 Å². The number of carbonyl (C=O) groups is 1. The van der Waals surface area contributed by atoms with Gasteiger partial charge in [0.15, 0.2) is 0 Å². The summed E-state index contributed by atoms with van der Waals surface area (Å²) in [5.41, 5.74) is 2.25. The van der Waals surface area contributed by atoms with Crippen molar-refractivity contribution >= 4 is 11.6 Å². The molecule has 1 aromatic carbocycles. The summed E-state index contributed by atoms with van der Waals surface area (Å²) in [6.45, 7) is 9.66. The predicted molar refractivity (Wildman–Crippen MR) is 70.0 cm³/mol. The molecule has 1 saturated heterocycles. The number of rotatable bonds is 1. The number of anilines is 1. The average molecular weight is 232 g/mol. The molecule has 0 aromatic heterocycles. The summed E-state index contributed by atoms with van der Waals surface area (Å²) in [4.78, 5) is 16.0. The van der Waals surface area contributed by atoms with Crippen LogP contribution >= 0.6 is 0 Å². The van der Waals surface area contributed by atoms with Gasteiger partial charge in [0.1, 0.15) is 0 Å². The molecule has 0 radical (unpaired) electrons. The highest BCUT2D eigenvalue weighted by Gasteiger charge is 2.34. The normalized spacial score (nSPS) is 17.9. The van der Waals surface area contributed by atoms with Crippen LogP contribution in [0.25, 0.3) is 0 Å². The van der Waals surface area contributed by atoms with Gasteiger partial charge in [-0.1, -0.05) is 17.7 Å². The number of carbonyl (C=O) groups excluding carboxylic acids is 1. The maximum atomic E-state index is 12.0. The minimum atomic E-state index is 0.0368. The smallest absolute Gasteiger partial charge is 0.242 e. The summed E-state index contributed by atoms with van der Waals surface area (Å²) in [5.74, 6) is 0.184. The topological polar surface area (TPSA) is 23.6 Å². The minimum Gasteiger partial charge on any atom is -0.298 e. The molecule has 3 nitrogen and oxygen atoms in total. The fraction of sp³-hybridized carbons (Fsp3) is 0.500. The third kappa shape index (κ3) is 2.50. The average Bonchev–Trinajstić information content (AvgIpc) is 2.61. The number of hydrogen-bond acceptors (Lipinski definition) is 2. The van der Waals surface area contributed by atoms with E-state index in [0.717, 1.165) is 5.69 Å². The van der Waals surface area contributed by atoms with Crippen molar-refractivity contribution in [3.8, 4) is 0 Å². The van der Waals surface area contributed by atoms with Gasteiger partial charge in [-0.2, -0.15) is 0 Å². The summed E-state index contributed by atoms with van der Waals surface area (Å²) >= 11 is 0. The fourth-order valence-corrected chi connectivity index (χ4v) is 1.95. The summed E-state index contributed by atoms with van der Waals surface area (Å²) in [5, 5.41) is 0. The maximum Gasteiger partial charge on any atom is 0.242 e. The van der Waals surface area contributed by atoms with E-state index in [-0.39, 0.29) is 11.4 Å². The highest BCUT2D eigenvalue weighted by atomic mass is 16.2. The van der Waals surface area contributed by atoms with Crippen molar-refractivity contribution in [2.24, 2.45) is 0 Å². The van der Waals surface area contributed by atoms with Gasteiger partial charge in [0.2, 0.25) is 5.91 Å². The van der Waals surface area contributed by atoms with Crippen molar-refractivity contribution in [3.63, 3.8) is 0 Å². The van der Waals surface area contributed by atoms with Crippen LogP contribution in [0.4, 0.5) is 5.69 Å². The lowest BCUT2D eigenvalue weighted by Gasteiger charge is -2.30. The zero-order chi connectivity index (χ0) is 12.6. The molecule has 1 aliphatic rings. The molecule has 1 fully saturated rings. The Bertz CT molecular complexity index is 417. The zero-order valence-electron chi connectivity index (χ0n) is 11.0. The van der Waals surface area contributed by atoms with E-state index in [0.29, 0.717) is 13.2 Å². The zero-order valence-corrected chi connectivity index (χ0v) is 11.0. The molecule has 1 aromatic rings. The maximum absolute atomic E-state index is 12.0. The molecule has 1 aliphatic heterocycles. The third-order valence-corrected chi connectivity index (χ3v) is 3.23. The molecule has 0 saturated carbocycles. The van der Waals surface area contributed by atoms with Crippen molar-refractivity contribution in [1.82, 2.24) is 4.90 Å². The van der Waals surface area contributed by atoms with E-state index in [4.69, 9.17) is 0 Å². The van der Waals surface area contributed by atoms with Crippen LogP contribution in [0.3, 0.4) is 0 Å². The van der Waals surface area contributed by atoms with Gasteiger partial charge in [-0.15, -0.1) is 0 Å². The van der Waals surface area contributed by atoms with E-state index in [9.17, 15) is 4.79 Å². The summed E-state index contributed by atoms with van der Waals surface area (Å²) < 4.78 is 0. The van der Waals surface area contributed by atoms with Crippen molar-refractivity contribution in [1.29, 1.82) is 0 Å². The lowest BCUT2D eigenvalue weighted by atomic mass is 10.1. The first-order valence-electron chi connectivity index (χ1n) is 6.00. The first-order valence-corrected chi connectivity index (χ1v) is 6.00. The quantitative estimate of drug-likeness (QED) is 0.742. The van der Waals surface area contributed by atoms with Crippen LogP contribution in [-0.4, -0.2) is 29.6 Å². The molecular weight excluding hydrogens is 212 g/mol. The Balaban J connectivity index is 2.19. The van der Waals surface area contributed by atoms with Crippen molar-refractivity contribution in [2.45, 2.75) is 33.2 Å². The summed E-state index contributed by atoms with van der Waals surface area (Å²) in [7, 11) is 0. The Morgan fingerprint density at radius 3 is 2.18 bits per heavy atom. The van der Waals surface area contributed by atoms with Crippen LogP contribution in [0.1, 0.15) is 26.3 Å². The predicted octanol–water partition coefficient (Wildman–Crippen LogP) is 2.40. The van der Waals surface area contributed by atoms with Crippen LogP contribution in [-0.2, 0) is 4.79 Å². The van der Waals surface area contributed by atoms with Gasteiger partial charge in [-0.3, -0.25) is 14.6 Å². The van der Waals surface area contributed by atoms with Gasteiger partial charge in [-0.25, -0.2) is 0 Å². The monoisotopic (exact) mass is 232 g/mol. The highest BCUT2D eigenvalue weighted by molar-refractivity contribution is 5.96. The molecule has 0 unspecified atom stereocenters. The first-order chi connectivity index (χ1) is 7.88. The molecule has 0 bridgehead atoms. The second-order valence-corrected chi connectivity index (χ2v) is 5.67. The van der Waals surface area contributed by atoms with Crippen LogP contribution < -0.4 is 4.90 Å². The second-order valence-electron chi connectivity index (χ2n) is 5.67. The fourth-order valence-electron chi connectivity index (χ4n) is 1.95. The molecule has 17 heavy (non-hydrogen) atoms. The van der Waals surface area contributed by atoms with E-state index in [1.54, 1.807) is 0 Å². The molecule has 0 N–H and O–H groups in total. The number of benzene rings is 1. The van der Waals surface area contributed by atoms with E-state index in [1.807, 2.05) is 29.2 Å². The van der Waals surface area contributed by atoms with Crippen LogP contribution in [0.15, 0.2) is 24.3 Å². The molecule has 0 aliphatic carbocycles. The highest BCUT2D eigenvalue weighted by Crippen LogP contribution is 2.24. The van der Waals surface area contributed by atoms with Crippen molar-refractivity contribution in [3.05, 3.63) is 29.8 Å². The molecular formula is C14H20N2O. The second kappa shape index (κ2) is 4.15. The minimum absolute atomic E-state index is 0.0368. The van der Waals surface area contributed by atoms with Gasteiger partial charge >= 0.3 is 0 Å². The Kier molecular flexibility index (Phi) is 2.96. The van der Waals surface area contributed by atoms with E-state index in [1.165, 1.54) is 5.56 Å². The molecule has 1 heterocycles. The van der Waals surface area contributed by atoms with E-state index in [2.05, 4.69) is 32.6 Å². The van der Waals surface area contributed by atoms with Gasteiger partial charge in [0.05, 0.1) is 13.2 Å². The lowest BCUT2D eigenvalue weighted by Crippen LogP contribution is -2.40. The number of nitrogens with zero attached hydrogens (tertiary/aromatic N) is 2. The van der Waals surface area contributed by atoms with Crippen molar-refractivity contribution < 1.29 is 4.79 Å². The largest absolute Gasteiger partial charge is 0.298 e. The molecule has 0 spiro atoms. The Labute approximate surface area is 103 Å². The molecule has 1 amide bonds. The molecule has 92 valence electrons. The standard InChI is InChI=1S/C14H20N2O/c1-11-5-7-12(8-6-11)16-10-15(9-13(16)17)14(2,3)4/h5-8H,9-10H2,1-4H3. The Morgan fingerprint density at radius 2 is 1.71 bits per heavy atom. The summed E-state index contributed by atoms with van der Waals surface area (Å²) in [6, 6.07) is 8.11. The van der Waals surface area contributed by atoms with Crippen LogP contribution in [0, 0.1) is 6.92 Å².